The first kappa shape index (κ1) is 46.2. The third-order valence-electron chi connectivity index (χ3n) is 10.6. The van der Waals surface area contributed by atoms with Crippen LogP contribution in [-0.2, 0) is 46.4 Å². The number of rotatable bonds is 9. The van der Waals surface area contributed by atoms with E-state index in [2.05, 4.69) is 21.3 Å². The van der Waals surface area contributed by atoms with Crippen LogP contribution in [0.5, 0.6) is 0 Å². The molecule has 0 aromatic carbocycles. The topological polar surface area (TPSA) is 204 Å². The quantitative estimate of drug-likeness (QED) is 0.293. The van der Waals surface area contributed by atoms with Gasteiger partial charge in [-0.05, 0) is 60.3 Å². The van der Waals surface area contributed by atoms with Crippen LogP contribution < -0.4 is 21.3 Å². The normalized spacial score (nSPS) is 25.9. The molecule has 0 bridgehead atoms. The number of hydrogen-bond acceptors (Lipinski definition) is 9. The van der Waals surface area contributed by atoms with Gasteiger partial charge in [-0.15, -0.1) is 0 Å². The Hall–Kier alpha value is -5.15. The molecular formula is C41H63N7O9. The van der Waals surface area contributed by atoms with Crippen LogP contribution in [0.15, 0.2) is 46.0 Å². The minimum atomic E-state index is -1.14. The lowest BCUT2D eigenvalue weighted by Crippen LogP contribution is -2.62. The molecule has 4 N–H and O–H groups in total. The van der Waals surface area contributed by atoms with Gasteiger partial charge >= 0.3 is 0 Å². The molecule has 7 atom stereocenters. The maximum atomic E-state index is 14.3. The summed E-state index contributed by atoms with van der Waals surface area (Å²) in [5, 5.41) is 11.3. The fourth-order valence-electron chi connectivity index (χ4n) is 6.78. The summed E-state index contributed by atoms with van der Waals surface area (Å²) in [7, 11) is 4.37. The number of carbonyl (C=O) groups is 7. The molecule has 1 aliphatic heterocycles. The highest BCUT2D eigenvalue weighted by Crippen LogP contribution is 2.19. The van der Waals surface area contributed by atoms with Crippen LogP contribution in [0, 0.1) is 23.7 Å². The van der Waals surface area contributed by atoms with Gasteiger partial charge in [0.25, 0.3) is 0 Å². The van der Waals surface area contributed by atoms with E-state index >= 15 is 0 Å². The Morgan fingerprint density at radius 1 is 0.544 bits per heavy atom. The van der Waals surface area contributed by atoms with Crippen molar-refractivity contribution in [2.75, 3.05) is 21.1 Å². The zero-order valence-electron chi connectivity index (χ0n) is 35.5. The molecule has 0 saturated carbocycles. The van der Waals surface area contributed by atoms with Crippen LogP contribution in [-0.4, -0.2) is 119 Å². The number of nitrogens with one attached hydrogen (secondary N) is 4. The lowest BCUT2D eigenvalue weighted by atomic mass is 9.96. The van der Waals surface area contributed by atoms with Crippen LogP contribution >= 0.6 is 0 Å². The van der Waals surface area contributed by atoms with E-state index < -0.39 is 101 Å². The van der Waals surface area contributed by atoms with E-state index in [4.69, 9.17) is 8.83 Å². The highest BCUT2D eigenvalue weighted by Gasteiger charge is 2.41. The standard InChI is InChI=1S/C41H63N7O9/c1-22(2)17-29-40(54)46(10)26(9)39(53)47(11)31(19-28-14-16-57-21-28)36(50)43-32(23(3)4)37(51)44-33(24(5)6)38(52)45-34(25(7)8)41(55)48(12)30(35(49)42-29)18-27-13-15-56-20-27/h13-16,20-26,29-34H,17-19H2,1-12H3,(H,42,49)(H,43,50)(H,44,51)(H,45,52). The average molecular weight is 798 g/mol. The molecule has 7 amide bonds. The number of nitrogens with zero attached hydrogens (tertiary/aromatic N) is 3. The average Bonchev–Trinajstić information content (AvgIpc) is 3.87. The molecule has 0 aliphatic carbocycles. The Morgan fingerprint density at radius 3 is 1.35 bits per heavy atom. The fourth-order valence-corrected chi connectivity index (χ4v) is 6.78. The predicted octanol–water partition coefficient (Wildman–Crippen LogP) is 2.13. The van der Waals surface area contributed by atoms with Gasteiger partial charge in [0.15, 0.2) is 0 Å². The smallest absolute Gasteiger partial charge is 0.245 e. The molecule has 16 nitrogen and oxygen atoms in total. The molecule has 16 heteroatoms. The van der Waals surface area contributed by atoms with Gasteiger partial charge in [0.2, 0.25) is 41.4 Å². The third kappa shape index (κ3) is 11.9. The van der Waals surface area contributed by atoms with Gasteiger partial charge < -0.3 is 44.8 Å². The lowest BCUT2D eigenvalue weighted by Gasteiger charge is -2.36. The molecule has 1 fully saturated rings. The van der Waals surface area contributed by atoms with Crippen molar-refractivity contribution in [3.63, 3.8) is 0 Å². The third-order valence-corrected chi connectivity index (χ3v) is 10.6. The molecular weight excluding hydrogens is 734 g/mol. The minimum Gasteiger partial charge on any atom is -0.472 e. The first-order valence-corrected chi connectivity index (χ1v) is 19.7. The summed E-state index contributed by atoms with van der Waals surface area (Å²) in [6, 6.07) is -4.48. The molecule has 3 rings (SSSR count). The van der Waals surface area contributed by atoms with Gasteiger partial charge in [-0.1, -0.05) is 55.4 Å². The molecule has 57 heavy (non-hydrogen) atoms. The van der Waals surface area contributed by atoms with Crippen LogP contribution in [0.3, 0.4) is 0 Å². The molecule has 3 heterocycles. The van der Waals surface area contributed by atoms with Gasteiger partial charge in [-0.3, -0.25) is 33.6 Å². The summed E-state index contributed by atoms with van der Waals surface area (Å²) < 4.78 is 10.5. The molecule has 2 aromatic rings. The van der Waals surface area contributed by atoms with Crippen molar-refractivity contribution >= 4 is 41.4 Å². The van der Waals surface area contributed by atoms with Crippen LogP contribution in [0.2, 0.25) is 0 Å². The van der Waals surface area contributed by atoms with E-state index in [1.807, 2.05) is 13.8 Å². The molecule has 1 aliphatic rings. The fraction of sp³-hybridized carbons (Fsp3) is 0.634. The largest absolute Gasteiger partial charge is 0.472 e. The van der Waals surface area contributed by atoms with Gasteiger partial charge in [-0.25, -0.2) is 0 Å². The Morgan fingerprint density at radius 2 is 0.947 bits per heavy atom. The second-order valence-electron chi connectivity index (χ2n) is 16.6. The molecule has 7 unspecified atom stereocenters. The Kier molecular flexibility index (Phi) is 16.5. The molecule has 0 spiro atoms. The summed E-state index contributed by atoms with van der Waals surface area (Å²) in [5.41, 5.74) is 1.23. The second kappa shape index (κ2) is 20.3. The van der Waals surface area contributed by atoms with Gasteiger partial charge in [-0.2, -0.15) is 0 Å². The van der Waals surface area contributed by atoms with Gasteiger partial charge in [0, 0.05) is 34.0 Å². The number of amides is 7. The summed E-state index contributed by atoms with van der Waals surface area (Å²) in [6.07, 6.45) is 6.07. The SMILES string of the molecule is CC(C)CC1NC(=O)C(Cc2ccoc2)N(C)C(=O)C(C(C)C)NC(=O)C(C(C)C)NC(=O)C(C(C)C)NC(=O)C(Cc2ccoc2)N(C)C(=O)C(C)N(C)C1=O. The monoisotopic (exact) mass is 797 g/mol. The van der Waals surface area contributed by atoms with Crippen molar-refractivity contribution in [1.82, 2.24) is 36.0 Å². The summed E-state index contributed by atoms with van der Waals surface area (Å²) in [6.45, 7) is 15.8. The first-order valence-electron chi connectivity index (χ1n) is 19.7. The van der Waals surface area contributed by atoms with Gasteiger partial charge in [0.1, 0.15) is 42.3 Å². The van der Waals surface area contributed by atoms with Crippen molar-refractivity contribution in [3.8, 4) is 0 Å². The minimum absolute atomic E-state index is 0.0284. The van der Waals surface area contributed by atoms with E-state index in [0.717, 1.165) is 0 Å². The first-order chi connectivity index (χ1) is 26.7. The number of hydrogen-bond donors (Lipinski definition) is 4. The summed E-state index contributed by atoms with van der Waals surface area (Å²) in [5.74, 6) is -5.60. The van der Waals surface area contributed by atoms with Crippen LogP contribution in [0.25, 0.3) is 0 Å². The summed E-state index contributed by atoms with van der Waals surface area (Å²) >= 11 is 0. The molecule has 0 radical (unpaired) electrons. The Balaban J connectivity index is 2.19. The van der Waals surface area contributed by atoms with Crippen molar-refractivity contribution in [1.29, 1.82) is 0 Å². The van der Waals surface area contributed by atoms with Crippen LogP contribution in [0.4, 0.5) is 0 Å². The van der Waals surface area contributed by atoms with Crippen molar-refractivity contribution in [2.24, 2.45) is 23.7 Å². The van der Waals surface area contributed by atoms with E-state index in [-0.39, 0.29) is 25.2 Å². The molecule has 2 aromatic heterocycles. The highest BCUT2D eigenvalue weighted by molar-refractivity contribution is 5.98. The van der Waals surface area contributed by atoms with Crippen molar-refractivity contribution in [2.45, 2.75) is 124 Å². The maximum absolute atomic E-state index is 14.3. The number of furan rings is 2. The van der Waals surface area contributed by atoms with Crippen molar-refractivity contribution in [3.05, 3.63) is 48.3 Å². The number of likely N-dealkylation sites (N-methyl/N-ethyl adjacent to an activating group) is 3. The lowest BCUT2D eigenvalue weighted by molar-refractivity contribution is -0.149. The second-order valence-corrected chi connectivity index (χ2v) is 16.6. The van der Waals surface area contributed by atoms with Crippen molar-refractivity contribution < 1.29 is 42.4 Å². The van der Waals surface area contributed by atoms with E-state index in [0.29, 0.717) is 11.1 Å². The Bertz CT molecular complexity index is 1690. The number of carbonyl (C=O) groups excluding carboxylic acids is 7. The highest BCUT2D eigenvalue weighted by atomic mass is 16.3. The van der Waals surface area contributed by atoms with E-state index in [9.17, 15) is 33.6 Å². The zero-order chi connectivity index (χ0) is 42.9. The maximum Gasteiger partial charge on any atom is 0.245 e. The zero-order valence-corrected chi connectivity index (χ0v) is 35.5. The van der Waals surface area contributed by atoms with Gasteiger partial charge in [0.05, 0.1) is 25.1 Å². The Labute approximate surface area is 336 Å². The van der Waals surface area contributed by atoms with Crippen LogP contribution in [0.1, 0.15) is 79.9 Å². The molecule has 316 valence electrons. The summed E-state index contributed by atoms with van der Waals surface area (Å²) in [4.78, 5) is 103. The molecule has 1 saturated heterocycles. The van der Waals surface area contributed by atoms with E-state index in [1.165, 1.54) is 67.8 Å². The predicted molar refractivity (Wildman–Crippen MR) is 212 cm³/mol. The van der Waals surface area contributed by atoms with E-state index in [1.54, 1.807) is 53.7 Å².